The molecule has 0 aromatic heterocycles. The molecule has 0 spiro atoms. The number of ether oxygens (including phenoxy) is 3. The van der Waals surface area contributed by atoms with Crippen LogP contribution in [0.1, 0.15) is 86.0 Å². The Morgan fingerprint density at radius 1 is 0.970 bits per heavy atom. The van der Waals surface area contributed by atoms with Gasteiger partial charge in [0, 0.05) is 33.1 Å². The third kappa shape index (κ3) is 4.46. The van der Waals surface area contributed by atoms with Gasteiger partial charge in [0.25, 0.3) is 0 Å². The summed E-state index contributed by atoms with van der Waals surface area (Å²) in [5, 5.41) is 0. The zero-order valence-corrected chi connectivity index (χ0v) is 20.9. The minimum Gasteiger partial charge on any atom is -0.462 e. The summed E-state index contributed by atoms with van der Waals surface area (Å²) >= 11 is 0. The Kier molecular flexibility index (Phi) is 6.67. The molecular formula is C27H40O6. The molecule has 184 valence electrons. The lowest BCUT2D eigenvalue weighted by atomic mass is 9.47. The van der Waals surface area contributed by atoms with Crippen LogP contribution in [0.2, 0.25) is 0 Å². The lowest BCUT2D eigenvalue weighted by Gasteiger charge is -2.58. The first-order valence-electron chi connectivity index (χ1n) is 12.7. The molecule has 0 saturated heterocycles. The third-order valence-corrected chi connectivity index (χ3v) is 9.68. The molecule has 0 amide bonds. The van der Waals surface area contributed by atoms with Gasteiger partial charge in [-0.25, -0.2) is 0 Å². The molecule has 4 aliphatic rings. The van der Waals surface area contributed by atoms with Crippen LogP contribution in [0.25, 0.3) is 0 Å². The summed E-state index contributed by atoms with van der Waals surface area (Å²) in [5.41, 5.74) is 1.76. The fourth-order valence-electron chi connectivity index (χ4n) is 8.26. The van der Waals surface area contributed by atoms with Crippen molar-refractivity contribution in [3.8, 4) is 0 Å². The van der Waals surface area contributed by atoms with Crippen LogP contribution < -0.4 is 0 Å². The molecule has 4 rings (SSSR count). The minimum atomic E-state index is -0.373. The van der Waals surface area contributed by atoms with E-state index in [4.69, 9.17) is 14.2 Å². The lowest BCUT2D eigenvalue weighted by Crippen LogP contribution is -2.52. The van der Waals surface area contributed by atoms with Crippen LogP contribution in [0.5, 0.6) is 0 Å². The molecule has 3 saturated carbocycles. The molecule has 0 radical (unpaired) electrons. The number of carbonyl (C=O) groups is 3. The van der Waals surface area contributed by atoms with E-state index in [1.165, 1.54) is 32.8 Å². The monoisotopic (exact) mass is 460 g/mol. The summed E-state index contributed by atoms with van der Waals surface area (Å²) in [6.45, 7) is 9.31. The molecule has 4 aliphatic carbocycles. The maximum Gasteiger partial charge on any atom is 0.303 e. The Morgan fingerprint density at radius 3 is 2.39 bits per heavy atom. The summed E-state index contributed by atoms with van der Waals surface area (Å²) < 4.78 is 16.6. The number of allylic oxidation sites excluding steroid dienone is 1. The van der Waals surface area contributed by atoms with E-state index in [1.807, 2.05) is 0 Å². The zero-order chi connectivity index (χ0) is 24.0. The first-order valence-corrected chi connectivity index (χ1v) is 12.7. The molecule has 6 heteroatoms. The molecule has 8 atom stereocenters. The fourth-order valence-corrected chi connectivity index (χ4v) is 8.26. The van der Waals surface area contributed by atoms with Crippen LogP contribution in [0.3, 0.4) is 0 Å². The van der Waals surface area contributed by atoms with Gasteiger partial charge in [-0.3, -0.25) is 14.4 Å². The first kappa shape index (κ1) is 24.3. The number of rotatable bonds is 5. The van der Waals surface area contributed by atoms with Gasteiger partial charge >= 0.3 is 17.9 Å². The number of carbonyl (C=O) groups excluding carboxylic acids is 3. The van der Waals surface area contributed by atoms with Crippen LogP contribution in [-0.2, 0) is 28.6 Å². The standard InChI is InChI=1S/C27H40O6/c1-16(28)31-15-25(33-18(3)30)24-9-8-22-21-7-6-19-14-20(32-17(2)29)10-12-26(19,4)23(21)11-13-27(22,24)5/h6,20-25H,7-15H2,1-5H3/t20-,21?,22?,23?,24+,25+,26-,27-/m0/s1. The van der Waals surface area contributed by atoms with Crippen molar-refractivity contribution < 1.29 is 28.6 Å². The maximum atomic E-state index is 11.8. The molecule has 0 aliphatic heterocycles. The summed E-state index contributed by atoms with van der Waals surface area (Å²) in [5.74, 6) is 1.24. The van der Waals surface area contributed by atoms with Crippen molar-refractivity contribution in [1.82, 2.24) is 0 Å². The summed E-state index contributed by atoms with van der Waals surface area (Å²) in [6, 6.07) is 0. The first-order chi connectivity index (χ1) is 15.5. The van der Waals surface area contributed by atoms with Crippen LogP contribution >= 0.6 is 0 Å². The quantitative estimate of drug-likeness (QED) is 0.327. The Bertz CT molecular complexity index is 832. The number of fused-ring (bicyclic) bond motifs is 5. The molecule has 0 heterocycles. The van der Waals surface area contributed by atoms with Crippen molar-refractivity contribution in [2.75, 3.05) is 6.61 Å². The van der Waals surface area contributed by atoms with Crippen molar-refractivity contribution in [2.45, 2.75) is 98.2 Å². The molecule has 0 bridgehead atoms. The highest BCUT2D eigenvalue weighted by atomic mass is 16.6. The number of hydrogen-bond donors (Lipinski definition) is 0. The Morgan fingerprint density at radius 2 is 1.73 bits per heavy atom. The predicted molar refractivity (Wildman–Crippen MR) is 123 cm³/mol. The van der Waals surface area contributed by atoms with E-state index >= 15 is 0 Å². The van der Waals surface area contributed by atoms with Gasteiger partial charge in [-0.1, -0.05) is 25.5 Å². The lowest BCUT2D eigenvalue weighted by molar-refractivity contribution is -0.165. The Labute approximate surface area is 197 Å². The smallest absolute Gasteiger partial charge is 0.303 e. The topological polar surface area (TPSA) is 78.9 Å². The van der Waals surface area contributed by atoms with Crippen LogP contribution in [0.4, 0.5) is 0 Å². The van der Waals surface area contributed by atoms with Gasteiger partial charge < -0.3 is 14.2 Å². The third-order valence-electron chi connectivity index (χ3n) is 9.68. The SMILES string of the molecule is CC(=O)OC[C@@H](OC(C)=O)[C@H]1CCC2C3CC=C4C[C@@H](OC(C)=O)CC[C@]4(C)C3CC[C@@]21C. The summed E-state index contributed by atoms with van der Waals surface area (Å²) in [7, 11) is 0. The number of esters is 3. The second-order valence-electron chi connectivity index (χ2n) is 11.4. The highest BCUT2D eigenvalue weighted by Crippen LogP contribution is 2.66. The van der Waals surface area contributed by atoms with Gasteiger partial charge in [-0.05, 0) is 73.5 Å². The molecule has 0 aromatic rings. The van der Waals surface area contributed by atoms with E-state index in [9.17, 15) is 14.4 Å². The van der Waals surface area contributed by atoms with Crippen LogP contribution in [-0.4, -0.2) is 36.7 Å². The van der Waals surface area contributed by atoms with Crippen molar-refractivity contribution >= 4 is 17.9 Å². The van der Waals surface area contributed by atoms with Gasteiger partial charge in [0.05, 0.1) is 0 Å². The molecule has 33 heavy (non-hydrogen) atoms. The highest BCUT2D eigenvalue weighted by Gasteiger charge is 2.60. The van der Waals surface area contributed by atoms with Crippen molar-refractivity contribution in [1.29, 1.82) is 0 Å². The average molecular weight is 461 g/mol. The fraction of sp³-hybridized carbons (Fsp3) is 0.815. The van der Waals surface area contributed by atoms with E-state index in [0.717, 1.165) is 44.9 Å². The van der Waals surface area contributed by atoms with E-state index in [0.29, 0.717) is 17.8 Å². The van der Waals surface area contributed by atoms with Gasteiger partial charge in [0.1, 0.15) is 18.8 Å². The molecule has 3 fully saturated rings. The number of hydrogen-bond acceptors (Lipinski definition) is 6. The molecular weight excluding hydrogens is 420 g/mol. The van der Waals surface area contributed by atoms with E-state index in [2.05, 4.69) is 19.9 Å². The van der Waals surface area contributed by atoms with Crippen molar-refractivity contribution in [3.05, 3.63) is 11.6 Å². The second-order valence-corrected chi connectivity index (χ2v) is 11.4. The molecule has 0 aromatic carbocycles. The average Bonchev–Trinajstić information content (AvgIpc) is 3.08. The molecule has 3 unspecified atom stereocenters. The van der Waals surface area contributed by atoms with Crippen LogP contribution in [0, 0.1) is 34.5 Å². The Balaban J connectivity index is 1.54. The van der Waals surface area contributed by atoms with Crippen LogP contribution in [0.15, 0.2) is 11.6 Å². The highest BCUT2D eigenvalue weighted by molar-refractivity contribution is 5.67. The van der Waals surface area contributed by atoms with E-state index in [1.54, 1.807) is 0 Å². The van der Waals surface area contributed by atoms with Gasteiger partial charge in [0.2, 0.25) is 0 Å². The second kappa shape index (κ2) is 9.07. The normalized spacial score (nSPS) is 40.4. The minimum absolute atomic E-state index is 0.0221. The van der Waals surface area contributed by atoms with E-state index in [-0.39, 0.29) is 53.5 Å². The summed E-state index contributed by atoms with van der Waals surface area (Å²) in [6.07, 6.45) is 10.5. The van der Waals surface area contributed by atoms with E-state index < -0.39 is 0 Å². The Hall–Kier alpha value is -1.85. The summed E-state index contributed by atoms with van der Waals surface area (Å²) in [4.78, 5) is 34.8. The largest absolute Gasteiger partial charge is 0.462 e. The van der Waals surface area contributed by atoms with Crippen molar-refractivity contribution in [3.63, 3.8) is 0 Å². The van der Waals surface area contributed by atoms with Crippen molar-refractivity contribution in [2.24, 2.45) is 34.5 Å². The molecule has 6 nitrogen and oxygen atoms in total. The van der Waals surface area contributed by atoms with Gasteiger partial charge in [0.15, 0.2) is 0 Å². The van der Waals surface area contributed by atoms with Gasteiger partial charge in [-0.2, -0.15) is 0 Å². The maximum absolute atomic E-state index is 11.8. The van der Waals surface area contributed by atoms with Gasteiger partial charge in [-0.15, -0.1) is 0 Å². The molecule has 0 N–H and O–H groups in total. The predicted octanol–water partition coefficient (Wildman–Crippen LogP) is 4.99. The zero-order valence-electron chi connectivity index (χ0n) is 20.9.